The van der Waals surface area contributed by atoms with E-state index in [9.17, 15) is 9.18 Å². The molecule has 1 aliphatic carbocycles. The van der Waals surface area contributed by atoms with Gasteiger partial charge in [-0.1, -0.05) is 19.3 Å². The topological polar surface area (TPSA) is 68.0 Å². The minimum Gasteiger partial charge on any atom is -0.381 e. The maximum absolute atomic E-state index is 13.7. The van der Waals surface area contributed by atoms with Crippen molar-refractivity contribution in [2.45, 2.75) is 45.1 Å². The van der Waals surface area contributed by atoms with Crippen LogP contribution in [-0.4, -0.2) is 16.9 Å². The van der Waals surface area contributed by atoms with Gasteiger partial charge in [0.25, 0.3) is 5.91 Å². The van der Waals surface area contributed by atoms with Crippen LogP contribution in [0.15, 0.2) is 12.3 Å². The first-order chi connectivity index (χ1) is 9.09. The van der Waals surface area contributed by atoms with Gasteiger partial charge in [-0.25, -0.2) is 9.37 Å². The molecule has 1 aliphatic rings. The summed E-state index contributed by atoms with van der Waals surface area (Å²) in [7, 11) is 0. The fourth-order valence-corrected chi connectivity index (χ4v) is 2.67. The second kappa shape index (κ2) is 5.99. The largest absolute Gasteiger partial charge is 0.381 e. The molecule has 1 amide bonds. The molecule has 0 aliphatic heterocycles. The SMILES string of the molecule is CC(NC(=O)c1ccnc(N)c1F)C1CCCCC1. The molecular weight excluding hydrogens is 245 g/mol. The summed E-state index contributed by atoms with van der Waals surface area (Å²) in [6, 6.07) is 1.41. The Hall–Kier alpha value is -1.65. The smallest absolute Gasteiger partial charge is 0.254 e. The van der Waals surface area contributed by atoms with Gasteiger partial charge in [0.15, 0.2) is 11.6 Å². The van der Waals surface area contributed by atoms with Gasteiger partial charge >= 0.3 is 0 Å². The number of halogens is 1. The summed E-state index contributed by atoms with van der Waals surface area (Å²) >= 11 is 0. The van der Waals surface area contributed by atoms with Crippen molar-refractivity contribution in [3.05, 3.63) is 23.6 Å². The Morgan fingerprint density at radius 3 is 2.84 bits per heavy atom. The van der Waals surface area contributed by atoms with Crippen LogP contribution >= 0.6 is 0 Å². The van der Waals surface area contributed by atoms with Gasteiger partial charge in [0, 0.05) is 12.2 Å². The lowest BCUT2D eigenvalue weighted by molar-refractivity contribution is 0.0915. The van der Waals surface area contributed by atoms with E-state index in [1.54, 1.807) is 0 Å². The number of nitrogen functional groups attached to an aromatic ring is 1. The fraction of sp³-hybridized carbons (Fsp3) is 0.571. The van der Waals surface area contributed by atoms with E-state index in [0.29, 0.717) is 5.92 Å². The number of aromatic nitrogens is 1. The summed E-state index contributed by atoms with van der Waals surface area (Å²) in [5.41, 5.74) is 5.33. The molecule has 0 radical (unpaired) electrons. The zero-order valence-corrected chi connectivity index (χ0v) is 11.2. The molecule has 1 atom stereocenters. The van der Waals surface area contributed by atoms with Crippen molar-refractivity contribution < 1.29 is 9.18 Å². The van der Waals surface area contributed by atoms with Crippen LogP contribution in [0, 0.1) is 11.7 Å². The van der Waals surface area contributed by atoms with Gasteiger partial charge in [-0.05, 0) is 31.7 Å². The lowest BCUT2D eigenvalue weighted by Crippen LogP contribution is -2.39. The summed E-state index contributed by atoms with van der Waals surface area (Å²) in [5, 5.41) is 2.87. The molecule has 5 heteroatoms. The van der Waals surface area contributed by atoms with E-state index in [4.69, 9.17) is 5.73 Å². The molecule has 1 saturated carbocycles. The highest BCUT2D eigenvalue weighted by Gasteiger charge is 2.23. The van der Waals surface area contributed by atoms with Crippen LogP contribution in [0.4, 0.5) is 10.2 Å². The molecule has 1 unspecified atom stereocenters. The van der Waals surface area contributed by atoms with Gasteiger partial charge in [-0.3, -0.25) is 4.79 Å². The molecule has 3 N–H and O–H groups in total. The van der Waals surface area contributed by atoms with Crippen LogP contribution in [0.1, 0.15) is 49.4 Å². The van der Waals surface area contributed by atoms with Gasteiger partial charge < -0.3 is 11.1 Å². The first-order valence-electron chi connectivity index (χ1n) is 6.80. The summed E-state index contributed by atoms with van der Waals surface area (Å²) < 4.78 is 13.7. The molecule has 0 aromatic carbocycles. The van der Waals surface area contributed by atoms with E-state index in [0.717, 1.165) is 12.8 Å². The van der Waals surface area contributed by atoms with Crippen molar-refractivity contribution in [1.82, 2.24) is 10.3 Å². The summed E-state index contributed by atoms with van der Waals surface area (Å²) in [5.74, 6) is -0.904. The van der Waals surface area contributed by atoms with Gasteiger partial charge in [0.2, 0.25) is 0 Å². The standard InChI is InChI=1S/C14H20FN3O/c1-9(10-5-3-2-4-6-10)18-14(19)11-7-8-17-13(16)12(11)15/h7-10H,2-6H2,1H3,(H2,16,17)(H,18,19). The normalized spacial score (nSPS) is 18.0. The Labute approximate surface area is 112 Å². The number of hydrogen-bond donors (Lipinski definition) is 2. The first kappa shape index (κ1) is 13.8. The minimum atomic E-state index is -0.740. The second-order valence-corrected chi connectivity index (χ2v) is 5.22. The van der Waals surface area contributed by atoms with Gasteiger partial charge in [-0.15, -0.1) is 0 Å². The third kappa shape index (κ3) is 3.22. The predicted molar refractivity (Wildman–Crippen MR) is 72.1 cm³/mol. The van der Waals surface area contributed by atoms with Crippen molar-refractivity contribution >= 4 is 11.7 Å². The highest BCUT2D eigenvalue weighted by atomic mass is 19.1. The zero-order chi connectivity index (χ0) is 13.8. The van der Waals surface area contributed by atoms with Crippen molar-refractivity contribution in [3.8, 4) is 0 Å². The van der Waals surface area contributed by atoms with Crippen LogP contribution in [0.25, 0.3) is 0 Å². The highest BCUT2D eigenvalue weighted by molar-refractivity contribution is 5.95. The number of pyridine rings is 1. The van der Waals surface area contributed by atoms with E-state index in [1.165, 1.54) is 31.5 Å². The van der Waals surface area contributed by atoms with Crippen LogP contribution < -0.4 is 11.1 Å². The number of nitrogens with one attached hydrogen (secondary N) is 1. The Bertz CT molecular complexity index is 458. The quantitative estimate of drug-likeness (QED) is 0.882. The molecule has 19 heavy (non-hydrogen) atoms. The van der Waals surface area contributed by atoms with Gasteiger partial charge in [0.1, 0.15) is 0 Å². The van der Waals surface area contributed by atoms with E-state index < -0.39 is 11.7 Å². The Balaban J connectivity index is 2.02. The van der Waals surface area contributed by atoms with E-state index in [2.05, 4.69) is 10.3 Å². The summed E-state index contributed by atoms with van der Waals surface area (Å²) in [6.07, 6.45) is 7.29. The number of carbonyl (C=O) groups excluding carboxylic acids is 1. The number of rotatable bonds is 3. The number of nitrogens with zero attached hydrogens (tertiary/aromatic N) is 1. The molecule has 1 aromatic heterocycles. The number of anilines is 1. The lowest BCUT2D eigenvalue weighted by atomic mass is 9.84. The monoisotopic (exact) mass is 265 g/mol. The van der Waals surface area contributed by atoms with Crippen LogP contribution in [-0.2, 0) is 0 Å². The van der Waals surface area contributed by atoms with Crippen LogP contribution in [0.2, 0.25) is 0 Å². The van der Waals surface area contributed by atoms with Crippen LogP contribution in [0.3, 0.4) is 0 Å². The zero-order valence-electron chi connectivity index (χ0n) is 11.2. The Morgan fingerprint density at radius 2 is 2.16 bits per heavy atom. The van der Waals surface area contributed by atoms with Gasteiger partial charge in [0.05, 0.1) is 5.56 Å². The van der Waals surface area contributed by atoms with Crippen molar-refractivity contribution in [2.75, 3.05) is 5.73 Å². The summed E-state index contributed by atoms with van der Waals surface area (Å²) in [6.45, 7) is 1.98. The first-order valence-corrected chi connectivity index (χ1v) is 6.80. The third-order valence-corrected chi connectivity index (χ3v) is 3.88. The molecule has 2 rings (SSSR count). The lowest BCUT2D eigenvalue weighted by Gasteiger charge is -2.28. The highest BCUT2D eigenvalue weighted by Crippen LogP contribution is 2.26. The number of carbonyl (C=O) groups is 1. The molecule has 1 aromatic rings. The number of hydrogen-bond acceptors (Lipinski definition) is 3. The molecule has 104 valence electrons. The molecule has 0 spiro atoms. The van der Waals surface area contributed by atoms with Crippen LogP contribution in [0.5, 0.6) is 0 Å². The average Bonchev–Trinajstić information content (AvgIpc) is 2.42. The summed E-state index contributed by atoms with van der Waals surface area (Å²) in [4.78, 5) is 15.6. The fourth-order valence-electron chi connectivity index (χ4n) is 2.67. The average molecular weight is 265 g/mol. The van der Waals surface area contributed by atoms with Crippen molar-refractivity contribution in [3.63, 3.8) is 0 Å². The predicted octanol–water partition coefficient (Wildman–Crippen LogP) is 2.50. The molecule has 4 nitrogen and oxygen atoms in total. The molecule has 1 fully saturated rings. The molecular formula is C14H20FN3O. The van der Waals surface area contributed by atoms with Gasteiger partial charge in [-0.2, -0.15) is 0 Å². The minimum absolute atomic E-state index is 0.0323. The molecule has 0 saturated heterocycles. The van der Waals surface area contributed by atoms with Crippen molar-refractivity contribution in [2.24, 2.45) is 5.92 Å². The third-order valence-electron chi connectivity index (χ3n) is 3.88. The second-order valence-electron chi connectivity index (χ2n) is 5.22. The molecule has 0 bridgehead atoms. The number of nitrogens with two attached hydrogens (primary N) is 1. The van der Waals surface area contributed by atoms with E-state index in [1.807, 2.05) is 6.92 Å². The number of amides is 1. The van der Waals surface area contributed by atoms with Crippen molar-refractivity contribution in [1.29, 1.82) is 0 Å². The van der Waals surface area contributed by atoms with E-state index in [-0.39, 0.29) is 17.4 Å². The Kier molecular flexibility index (Phi) is 4.35. The van der Waals surface area contributed by atoms with E-state index >= 15 is 0 Å². The molecule has 1 heterocycles. The Morgan fingerprint density at radius 1 is 1.47 bits per heavy atom. The maximum atomic E-state index is 13.7. The maximum Gasteiger partial charge on any atom is 0.254 e.